The molecule has 0 spiro atoms. The van der Waals surface area contributed by atoms with Crippen LogP contribution in [0.1, 0.15) is 12.8 Å². The summed E-state index contributed by atoms with van der Waals surface area (Å²) in [5, 5.41) is 0. The molecule has 0 aromatic rings. The number of hydrogen-bond acceptors (Lipinski definition) is 4. The second-order valence-electron chi connectivity index (χ2n) is 1.29. The van der Waals surface area contributed by atoms with E-state index in [9.17, 15) is 4.79 Å². The summed E-state index contributed by atoms with van der Waals surface area (Å²) in [5.41, 5.74) is 2.49. The van der Waals surface area contributed by atoms with Crippen LogP contribution in [0.5, 0.6) is 0 Å². The first-order valence-electron chi connectivity index (χ1n) is 2.38. The van der Waals surface area contributed by atoms with E-state index >= 15 is 0 Å². The van der Waals surface area contributed by atoms with Gasteiger partial charge in [-0.1, -0.05) is 0 Å². The minimum Gasteiger partial charge on any atom is -0.303 e. The van der Waals surface area contributed by atoms with Crippen LogP contribution in [0.15, 0.2) is 0 Å². The van der Waals surface area contributed by atoms with Gasteiger partial charge in [-0.3, -0.25) is 0 Å². The van der Waals surface area contributed by atoms with Gasteiger partial charge in [-0.2, -0.15) is 5.48 Å². The van der Waals surface area contributed by atoms with Crippen molar-refractivity contribution in [3.63, 3.8) is 0 Å². The van der Waals surface area contributed by atoms with E-state index in [0.29, 0.717) is 13.0 Å². The fourth-order valence-electron chi connectivity index (χ4n) is 0.303. The van der Waals surface area contributed by atoms with Gasteiger partial charge in [0.2, 0.25) is 0 Å². The number of nitrogens with one attached hydrogen (secondary N) is 1. The molecular formula is C4H9NO2S. The zero-order valence-electron chi connectivity index (χ0n) is 4.46. The van der Waals surface area contributed by atoms with E-state index in [0.717, 1.165) is 12.7 Å². The Hall–Kier alpha value is -0.0600. The maximum absolute atomic E-state index is 9.68. The summed E-state index contributed by atoms with van der Waals surface area (Å²) in [6, 6.07) is 0. The summed E-state index contributed by atoms with van der Waals surface area (Å²) in [6.45, 7) is 0.669. The van der Waals surface area contributed by atoms with Crippen LogP contribution in [0.4, 0.5) is 0 Å². The monoisotopic (exact) mass is 135 g/mol. The first-order chi connectivity index (χ1) is 3.91. The van der Waals surface area contributed by atoms with Crippen LogP contribution in [0.3, 0.4) is 0 Å². The van der Waals surface area contributed by atoms with Gasteiger partial charge in [0.1, 0.15) is 6.29 Å². The molecule has 0 aromatic heterocycles. The highest BCUT2D eigenvalue weighted by atomic mass is 32.1. The van der Waals surface area contributed by atoms with Crippen molar-refractivity contribution in [3.05, 3.63) is 0 Å². The molecule has 0 atom stereocenters. The minimum atomic E-state index is 0.574. The molecule has 0 aliphatic carbocycles. The van der Waals surface area contributed by atoms with Crippen molar-refractivity contribution in [2.45, 2.75) is 12.8 Å². The number of hydrogen-bond donors (Lipinski definition) is 2. The molecule has 0 heterocycles. The zero-order valence-corrected chi connectivity index (χ0v) is 5.36. The Morgan fingerprint density at radius 3 is 3.00 bits per heavy atom. The van der Waals surface area contributed by atoms with Gasteiger partial charge in [-0.15, -0.1) is 0 Å². The summed E-state index contributed by atoms with van der Waals surface area (Å²) in [6.07, 6.45) is 2.24. The highest BCUT2D eigenvalue weighted by Crippen LogP contribution is 1.80. The smallest absolute Gasteiger partial charge is 0.120 e. The molecule has 0 fully saturated rings. The SMILES string of the molecule is O=CCCCNOS. The van der Waals surface area contributed by atoms with Crippen LogP contribution in [-0.4, -0.2) is 12.8 Å². The molecule has 0 saturated carbocycles. The van der Waals surface area contributed by atoms with Crippen molar-refractivity contribution >= 4 is 19.2 Å². The number of rotatable bonds is 5. The lowest BCUT2D eigenvalue weighted by Crippen LogP contribution is -2.10. The van der Waals surface area contributed by atoms with E-state index in [2.05, 4.69) is 22.7 Å². The third kappa shape index (κ3) is 5.94. The molecule has 0 unspecified atom stereocenters. The lowest BCUT2D eigenvalue weighted by molar-refractivity contribution is -0.107. The second kappa shape index (κ2) is 6.94. The van der Waals surface area contributed by atoms with E-state index in [1.54, 1.807) is 0 Å². The first-order valence-corrected chi connectivity index (χ1v) is 2.75. The number of thiol groups is 1. The molecule has 1 N–H and O–H groups in total. The quantitative estimate of drug-likeness (QED) is 0.187. The zero-order chi connectivity index (χ0) is 6.24. The molecular weight excluding hydrogens is 126 g/mol. The number of carbonyl (C=O) groups is 1. The fraction of sp³-hybridized carbons (Fsp3) is 0.750. The van der Waals surface area contributed by atoms with Gasteiger partial charge in [-0.05, 0) is 19.3 Å². The Kier molecular flexibility index (Phi) is 6.89. The van der Waals surface area contributed by atoms with Gasteiger partial charge in [-0.25, -0.2) is 4.28 Å². The van der Waals surface area contributed by atoms with Gasteiger partial charge in [0, 0.05) is 13.0 Å². The molecule has 0 rings (SSSR count). The summed E-state index contributed by atoms with van der Waals surface area (Å²) >= 11 is 3.42. The third-order valence-corrected chi connectivity index (χ3v) is 0.794. The molecule has 0 radical (unpaired) electrons. The average molecular weight is 135 g/mol. The van der Waals surface area contributed by atoms with Crippen molar-refractivity contribution in [2.75, 3.05) is 6.54 Å². The Morgan fingerprint density at radius 1 is 1.75 bits per heavy atom. The van der Waals surface area contributed by atoms with Gasteiger partial charge >= 0.3 is 0 Å². The van der Waals surface area contributed by atoms with Crippen molar-refractivity contribution in [1.29, 1.82) is 0 Å². The van der Waals surface area contributed by atoms with Crippen LogP contribution in [0, 0.1) is 0 Å². The standard InChI is InChI=1S/C4H9NO2S/c6-4-2-1-3-5-7-8/h4-5,8H,1-3H2. The Balaban J connectivity index is 2.62. The van der Waals surface area contributed by atoms with Crippen molar-refractivity contribution in [1.82, 2.24) is 5.48 Å². The summed E-state index contributed by atoms with van der Waals surface area (Å²) in [4.78, 5) is 9.68. The normalized spacial score (nSPS) is 9.12. The van der Waals surface area contributed by atoms with Gasteiger partial charge in [0.05, 0.1) is 0 Å². The van der Waals surface area contributed by atoms with E-state index in [-0.39, 0.29) is 0 Å². The number of aldehydes is 1. The predicted octanol–water partition coefficient (Wildman–Crippen LogP) is 0.331. The summed E-state index contributed by atoms with van der Waals surface area (Å²) in [5.74, 6) is 0. The third-order valence-electron chi connectivity index (χ3n) is 0.665. The van der Waals surface area contributed by atoms with Gasteiger partial charge in [0.15, 0.2) is 0 Å². The molecule has 48 valence electrons. The van der Waals surface area contributed by atoms with Crippen LogP contribution < -0.4 is 5.48 Å². The first kappa shape index (κ1) is 7.94. The Bertz CT molecular complexity index is 60.0. The molecule has 0 amide bonds. The summed E-state index contributed by atoms with van der Waals surface area (Å²) in [7, 11) is 0. The molecule has 0 saturated heterocycles. The number of unbranched alkanes of at least 4 members (excludes halogenated alkanes) is 1. The van der Waals surface area contributed by atoms with Crippen LogP contribution >= 0.6 is 12.9 Å². The topological polar surface area (TPSA) is 38.3 Å². The van der Waals surface area contributed by atoms with Crippen molar-refractivity contribution in [2.24, 2.45) is 0 Å². The lowest BCUT2D eigenvalue weighted by atomic mass is 10.3. The Labute approximate surface area is 54.0 Å². The van der Waals surface area contributed by atoms with E-state index in [4.69, 9.17) is 0 Å². The van der Waals surface area contributed by atoms with Crippen LogP contribution in [-0.2, 0) is 9.08 Å². The summed E-state index contributed by atoms with van der Waals surface area (Å²) < 4.78 is 4.22. The maximum Gasteiger partial charge on any atom is 0.120 e. The van der Waals surface area contributed by atoms with Gasteiger partial charge < -0.3 is 4.79 Å². The minimum absolute atomic E-state index is 0.574. The average Bonchev–Trinajstić information content (AvgIpc) is 1.81. The highest BCUT2D eigenvalue weighted by Gasteiger charge is 1.82. The number of carbonyl (C=O) groups excluding carboxylic acids is 1. The number of hydroxylamine groups is 1. The van der Waals surface area contributed by atoms with Crippen molar-refractivity contribution in [3.8, 4) is 0 Å². The molecule has 3 nitrogen and oxygen atoms in total. The molecule has 0 aliphatic heterocycles. The predicted molar refractivity (Wildman–Crippen MR) is 33.4 cm³/mol. The highest BCUT2D eigenvalue weighted by molar-refractivity contribution is 7.75. The van der Waals surface area contributed by atoms with Crippen molar-refractivity contribution < 1.29 is 9.08 Å². The van der Waals surface area contributed by atoms with E-state index in [1.165, 1.54) is 0 Å². The van der Waals surface area contributed by atoms with Crippen LogP contribution in [0.25, 0.3) is 0 Å². The molecule has 8 heavy (non-hydrogen) atoms. The molecule has 0 aromatic carbocycles. The second-order valence-corrected chi connectivity index (χ2v) is 1.48. The lowest BCUT2D eigenvalue weighted by Gasteiger charge is -1.94. The largest absolute Gasteiger partial charge is 0.303 e. The van der Waals surface area contributed by atoms with E-state index < -0.39 is 0 Å². The van der Waals surface area contributed by atoms with E-state index in [1.807, 2.05) is 0 Å². The molecule has 0 aliphatic rings. The van der Waals surface area contributed by atoms with Crippen LogP contribution in [0.2, 0.25) is 0 Å². The van der Waals surface area contributed by atoms with Gasteiger partial charge in [0.25, 0.3) is 0 Å². The Morgan fingerprint density at radius 2 is 2.50 bits per heavy atom. The molecule has 4 heteroatoms. The molecule has 0 bridgehead atoms. The fourth-order valence-corrected chi connectivity index (χ4v) is 0.394. The maximum atomic E-state index is 9.68.